The van der Waals surface area contributed by atoms with Crippen LogP contribution in [0.4, 0.5) is 11.4 Å². The van der Waals surface area contributed by atoms with Gasteiger partial charge in [-0.3, -0.25) is 10.1 Å². The van der Waals surface area contributed by atoms with E-state index in [1.165, 1.54) is 18.6 Å². The third-order valence-corrected chi connectivity index (χ3v) is 2.97. The van der Waals surface area contributed by atoms with Crippen molar-refractivity contribution in [3.05, 3.63) is 52.1 Å². The molecular formula is C13H14N4O4. The van der Waals surface area contributed by atoms with Crippen molar-refractivity contribution < 1.29 is 14.8 Å². The molecule has 8 nitrogen and oxygen atoms in total. The van der Waals surface area contributed by atoms with Crippen molar-refractivity contribution >= 4 is 17.3 Å². The Kier molecular flexibility index (Phi) is 4.17. The van der Waals surface area contributed by atoms with Gasteiger partial charge in [-0.25, -0.2) is 9.78 Å². The first-order valence-corrected chi connectivity index (χ1v) is 6.22. The SMILES string of the molecule is Cc1cccc([N+](=O)[O-])c1NCCn1cnc(C(=O)O)c1. The number of nitro groups is 1. The molecule has 1 aromatic carbocycles. The minimum atomic E-state index is -1.09. The van der Waals surface area contributed by atoms with Gasteiger partial charge in [-0.2, -0.15) is 0 Å². The monoisotopic (exact) mass is 290 g/mol. The summed E-state index contributed by atoms with van der Waals surface area (Å²) in [6.45, 7) is 2.65. The second-order valence-corrected chi connectivity index (χ2v) is 4.45. The smallest absolute Gasteiger partial charge is 0.356 e. The number of carbonyl (C=O) groups is 1. The molecule has 0 aliphatic heterocycles. The first-order chi connectivity index (χ1) is 9.99. The number of aromatic nitrogens is 2. The zero-order chi connectivity index (χ0) is 15.4. The highest BCUT2D eigenvalue weighted by Crippen LogP contribution is 2.27. The summed E-state index contributed by atoms with van der Waals surface area (Å²) in [5.41, 5.74) is 1.24. The summed E-state index contributed by atoms with van der Waals surface area (Å²) in [5.74, 6) is -1.09. The van der Waals surface area contributed by atoms with E-state index in [-0.39, 0.29) is 11.4 Å². The molecular weight excluding hydrogens is 276 g/mol. The van der Waals surface area contributed by atoms with Gasteiger partial charge in [0.2, 0.25) is 0 Å². The zero-order valence-electron chi connectivity index (χ0n) is 11.3. The second kappa shape index (κ2) is 6.04. The second-order valence-electron chi connectivity index (χ2n) is 4.45. The van der Waals surface area contributed by atoms with Crippen molar-refractivity contribution in [3.8, 4) is 0 Å². The number of aromatic carboxylic acids is 1. The van der Waals surface area contributed by atoms with E-state index in [0.717, 1.165) is 5.56 Å². The van der Waals surface area contributed by atoms with Gasteiger partial charge >= 0.3 is 5.97 Å². The molecule has 0 spiro atoms. The number of para-hydroxylation sites is 1. The van der Waals surface area contributed by atoms with Crippen LogP contribution >= 0.6 is 0 Å². The standard InChI is InChI=1S/C13H14N4O4/c1-9-3-2-4-11(17(20)21)12(9)14-5-6-16-7-10(13(18)19)15-8-16/h2-4,7-8,14H,5-6H2,1H3,(H,18,19). The van der Waals surface area contributed by atoms with E-state index in [0.29, 0.717) is 18.8 Å². The van der Waals surface area contributed by atoms with Crippen LogP contribution in [0.3, 0.4) is 0 Å². The Labute approximate surface area is 120 Å². The van der Waals surface area contributed by atoms with Gasteiger partial charge in [0.25, 0.3) is 5.69 Å². The summed E-state index contributed by atoms with van der Waals surface area (Å²) >= 11 is 0. The molecule has 1 aromatic heterocycles. The quantitative estimate of drug-likeness (QED) is 0.621. The lowest BCUT2D eigenvalue weighted by Crippen LogP contribution is -2.11. The van der Waals surface area contributed by atoms with Crippen LogP contribution in [0.5, 0.6) is 0 Å². The van der Waals surface area contributed by atoms with Crippen LogP contribution in [0.25, 0.3) is 0 Å². The molecule has 0 aliphatic rings. The number of hydrogen-bond acceptors (Lipinski definition) is 5. The fourth-order valence-electron chi connectivity index (χ4n) is 1.94. The number of hydrogen-bond donors (Lipinski definition) is 2. The summed E-state index contributed by atoms with van der Waals surface area (Å²) in [6, 6.07) is 4.86. The van der Waals surface area contributed by atoms with Gasteiger partial charge < -0.3 is 15.0 Å². The first-order valence-electron chi connectivity index (χ1n) is 6.22. The Balaban J connectivity index is 2.03. The molecule has 2 rings (SSSR count). The number of imidazole rings is 1. The largest absolute Gasteiger partial charge is 0.476 e. The van der Waals surface area contributed by atoms with Crippen molar-refractivity contribution in [2.45, 2.75) is 13.5 Å². The van der Waals surface area contributed by atoms with Crippen molar-refractivity contribution in [1.82, 2.24) is 9.55 Å². The molecule has 0 atom stereocenters. The number of nitrogens with one attached hydrogen (secondary N) is 1. The molecule has 8 heteroatoms. The Hall–Kier alpha value is -2.90. The number of rotatable bonds is 6. The fourth-order valence-corrected chi connectivity index (χ4v) is 1.94. The number of benzene rings is 1. The minimum Gasteiger partial charge on any atom is -0.476 e. The highest BCUT2D eigenvalue weighted by molar-refractivity contribution is 5.84. The lowest BCUT2D eigenvalue weighted by Gasteiger charge is -2.10. The lowest BCUT2D eigenvalue weighted by atomic mass is 10.1. The van der Waals surface area contributed by atoms with E-state index >= 15 is 0 Å². The van der Waals surface area contributed by atoms with Gasteiger partial charge in [0.1, 0.15) is 5.69 Å². The number of carboxylic acid groups (broad SMARTS) is 1. The molecule has 2 N–H and O–H groups in total. The van der Waals surface area contributed by atoms with E-state index in [2.05, 4.69) is 10.3 Å². The van der Waals surface area contributed by atoms with Crippen molar-refractivity contribution in [3.63, 3.8) is 0 Å². The Morgan fingerprint density at radius 2 is 2.29 bits per heavy atom. The Morgan fingerprint density at radius 3 is 2.90 bits per heavy atom. The van der Waals surface area contributed by atoms with E-state index in [9.17, 15) is 14.9 Å². The summed E-state index contributed by atoms with van der Waals surface area (Å²) in [5, 5.41) is 22.8. The van der Waals surface area contributed by atoms with Crippen LogP contribution < -0.4 is 5.32 Å². The Morgan fingerprint density at radius 1 is 1.52 bits per heavy atom. The first kappa shape index (κ1) is 14.5. The highest BCUT2D eigenvalue weighted by Gasteiger charge is 2.14. The van der Waals surface area contributed by atoms with Gasteiger partial charge in [-0.1, -0.05) is 12.1 Å². The molecule has 21 heavy (non-hydrogen) atoms. The number of anilines is 1. The predicted octanol–water partition coefficient (Wildman–Crippen LogP) is 1.91. The summed E-state index contributed by atoms with van der Waals surface area (Å²) < 4.78 is 1.61. The molecule has 0 saturated carbocycles. The number of aryl methyl sites for hydroxylation is 1. The van der Waals surface area contributed by atoms with Crippen LogP contribution in [0.2, 0.25) is 0 Å². The summed E-state index contributed by atoms with van der Waals surface area (Å²) in [7, 11) is 0. The van der Waals surface area contributed by atoms with E-state index < -0.39 is 10.9 Å². The molecule has 2 aromatic rings. The van der Waals surface area contributed by atoms with E-state index in [1.54, 1.807) is 23.6 Å². The van der Waals surface area contributed by atoms with Crippen molar-refractivity contribution in [1.29, 1.82) is 0 Å². The fraction of sp³-hybridized carbons (Fsp3) is 0.231. The van der Waals surface area contributed by atoms with Crippen molar-refractivity contribution in [2.24, 2.45) is 0 Å². The van der Waals surface area contributed by atoms with E-state index in [1.807, 2.05) is 0 Å². The maximum absolute atomic E-state index is 11.0. The number of carboxylic acids is 1. The average Bonchev–Trinajstić information content (AvgIpc) is 2.89. The topological polar surface area (TPSA) is 110 Å². The number of nitro benzene ring substituents is 1. The van der Waals surface area contributed by atoms with Gasteiger partial charge in [-0.15, -0.1) is 0 Å². The van der Waals surface area contributed by atoms with Gasteiger partial charge in [0.05, 0.1) is 11.3 Å². The minimum absolute atomic E-state index is 0.0202. The third-order valence-electron chi connectivity index (χ3n) is 2.97. The Bertz CT molecular complexity index is 681. The van der Waals surface area contributed by atoms with E-state index in [4.69, 9.17) is 5.11 Å². The normalized spacial score (nSPS) is 10.3. The molecule has 0 fully saturated rings. The predicted molar refractivity (Wildman–Crippen MR) is 75.5 cm³/mol. The maximum Gasteiger partial charge on any atom is 0.356 e. The molecule has 0 aliphatic carbocycles. The molecule has 0 saturated heterocycles. The zero-order valence-corrected chi connectivity index (χ0v) is 11.3. The van der Waals surface area contributed by atoms with Crippen LogP contribution in [-0.2, 0) is 6.54 Å². The van der Waals surface area contributed by atoms with Crippen molar-refractivity contribution in [2.75, 3.05) is 11.9 Å². The molecule has 0 bridgehead atoms. The summed E-state index contributed by atoms with van der Waals surface area (Å²) in [4.78, 5) is 25.0. The van der Waals surface area contributed by atoms with Gasteiger partial charge in [-0.05, 0) is 12.5 Å². The van der Waals surface area contributed by atoms with Crippen LogP contribution in [0.1, 0.15) is 16.1 Å². The van der Waals surface area contributed by atoms with Crippen LogP contribution in [0.15, 0.2) is 30.7 Å². The van der Waals surface area contributed by atoms with Crippen LogP contribution in [-0.4, -0.2) is 32.1 Å². The average molecular weight is 290 g/mol. The summed E-state index contributed by atoms with van der Waals surface area (Å²) in [6.07, 6.45) is 2.83. The van der Waals surface area contributed by atoms with Gasteiger partial charge in [0.15, 0.2) is 5.69 Å². The third kappa shape index (κ3) is 3.35. The van der Waals surface area contributed by atoms with Gasteiger partial charge in [0, 0.05) is 25.4 Å². The lowest BCUT2D eigenvalue weighted by molar-refractivity contribution is -0.384. The molecule has 0 amide bonds. The molecule has 0 unspecified atom stereocenters. The molecule has 1 heterocycles. The number of nitrogens with zero attached hydrogens (tertiary/aromatic N) is 3. The molecule has 110 valence electrons. The van der Waals surface area contributed by atoms with Crippen LogP contribution in [0, 0.1) is 17.0 Å². The molecule has 0 radical (unpaired) electrons. The maximum atomic E-state index is 11.0. The highest BCUT2D eigenvalue weighted by atomic mass is 16.6.